The summed E-state index contributed by atoms with van der Waals surface area (Å²) < 4.78 is 87.2. The average molecular weight is 446 g/mol. The van der Waals surface area contributed by atoms with E-state index in [1.165, 1.54) is 37.8 Å². The van der Waals surface area contributed by atoms with E-state index in [-0.39, 0.29) is 11.8 Å². The van der Waals surface area contributed by atoms with Crippen molar-refractivity contribution < 1.29 is 35.8 Å². The molecule has 0 unspecified atom stereocenters. The number of ether oxygens (including phenoxy) is 2. The average Bonchev–Trinajstić information content (AvgIpc) is 2.69. The molecule has 2 aromatic rings. The van der Waals surface area contributed by atoms with Crippen LogP contribution in [0.5, 0.6) is 11.5 Å². The Labute approximate surface area is 177 Å². The number of benzene rings is 2. The number of hydrogen-bond acceptors (Lipinski definition) is 2. The van der Waals surface area contributed by atoms with Gasteiger partial charge in [-0.2, -0.15) is 8.78 Å². The molecule has 0 radical (unpaired) electrons. The molecule has 1 aliphatic rings. The third-order valence-electron chi connectivity index (χ3n) is 5.64. The molecule has 0 aromatic heterocycles. The quantitative estimate of drug-likeness (QED) is 0.408. The molecule has 0 saturated heterocycles. The van der Waals surface area contributed by atoms with Gasteiger partial charge in [-0.25, -0.2) is 4.39 Å². The van der Waals surface area contributed by atoms with Crippen LogP contribution < -0.4 is 9.47 Å². The van der Waals surface area contributed by atoms with Crippen LogP contribution in [0.1, 0.15) is 50.2 Å². The molecule has 0 bridgehead atoms. The van der Waals surface area contributed by atoms with E-state index >= 15 is 0 Å². The van der Waals surface area contributed by atoms with E-state index in [0.717, 1.165) is 24.3 Å². The van der Waals surface area contributed by atoms with Crippen LogP contribution in [0.4, 0.5) is 26.3 Å². The Hall–Kier alpha value is -2.38. The van der Waals surface area contributed by atoms with Gasteiger partial charge >= 0.3 is 12.5 Å². The van der Waals surface area contributed by atoms with Crippen molar-refractivity contribution in [2.24, 2.45) is 11.8 Å². The third-order valence-corrected chi connectivity index (χ3v) is 5.64. The minimum atomic E-state index is -5.13. The van der Waals surface area contributed by atoms with Crippen LogP contribution in [0.25, 0.3) is 0 Å². The Bertz CT molecular complexity index is 855. The van der Waals surface area contributed by atoms with E-state index in [4.69, 9.17) is 0 Å². The van der Waals surface area contributed by atoms with Gasteiger partial charge in [-0.05, 0) is 60.6 Å². The van der Waals surface area contributed by atoms with Crippen LogP contribution in [-0.2, 0) is 12.5 Å². The van der Waals surface area contributed by atoms with Gasteiger partial charge in [0.15, 0.2) is 11.6 Å². The molecule has 0 spiro atoms. The molecule has 1 saturated carbocycles. The second-order valence-corrected chi connectivity index (χ2v) is 8.12. The Kier molecular flexibility index (Phi) is 7.06. The highest BCUT2D eigenvalue weighted by Crippen LogP contribution is 2.35. The predicted octanol–water partition coefficient (Wildman–Crippen LogP) is 7.61. The highest BCUT2D eigenvalue weighted by atomic mass is 19.4. The van der Waals surface area contributed by atoms with Gasteiger partial charge in [0.05, 0.1) is 5.56 Å². The summed E-state index contributed by atoms with van der Waals surface area (Å²) in [5.41, 5.74) is 0.0871. The minimum absolute atomic E-state index is 0.128. The first kappa shape index (κ1) is 23.3. The summed E-state index contributed by atoms with van der Waals surface area (Å²) in [6.07, 6.45) is -2.23. The maximum absolute atomic E-state index is 14.4. The first-order chi connectivity index (χ1) is 14.5. The van der Waals surface area contributed by atoms with Crippen molar-refractivity contribution in [1.29, 1.82) is 0 Å². The van der Waals surface area contributed by atoms with Crippen LogP contribution in [0.3, 0.4) is 0 Å². The molecule has 170 valence electrons. The lowest BCUT2D eigenvalue weighted by Crippen LogP contribution is -2.23. The molecule has 2 nitrogen and oxygen atoms in total. The van der Waals surface area contributed by atoms with Gasteiger partial charge in [0, 0.05) is 0 Å². The first-order valence-electron chi connectivity index (χ1n) is 10.2. The first-order valence-corrected chi connectivity index (χ1v) is 10.2. The molecule has 0 N–H and O–H groups in total. The van der Waals surface area contributed by atoms with Crippen LogP contribution in [0.15, 0.2) is 42.5 Å². The van der Waals surface area contributed by atoms with Crippen molar-refractivity contribution in [3.63, 3.8) is 0 Å². The molecule has 1 fully saturated rings. The number of halogens is 6. The smallest absolute Gasteiger partial charge is 0.429 e. The molecule has 0 amide bonds. The number of hydrogen-bond donors (Lipinski definition) is 0. The minimum Gasteiger partial charge on any atom is -0.429 e. The van der Waals surface area contributed by atoms with E-state index < -0.39 is 29.6 Å². The summed E-state index contributed by atoms with van der Waals surface area (Å²) in [7, 11) is 0. The summed E-state index contributed by atoms with van der Waals surface area (Å²) in [5.74, 6) is -1.41. The SMILES string of the molecule is CC1CCC(CCc2ccc(OC(F)(F)c3ccc(OC(F)(F)F)c(F)c3)cc2)CC1. The molecule has 1 aliphatic carbocycles. The highest BCUT2D eigenvalue weighted by molar-refractivity contribution is 5.33. The van der Waals surface area contributed by atoms with E-state index in [2.05, 4.69) is 16.4 Å². The molecule has 0 atom stereocenters. The fourth-order valence-corrected chi connectivity index (χ4v) is 3.81. The Morgan fingerprint density at radius 2 is 1.52 bits per heavy atom. The Balaban J connectivity index is 1.59. The summed E-state index contributed by atoms with van der Waals surface area (Å²) in [4.78, 5) is 0. The number of rotatable bonds is 7. The van der Waals surface area contributed by atoms with E-state index in [1.807, 2.05) is 0 Å². The van der Waals surface area contributed by atoms with Crippen molar-refractivity contribution in [2.75, 3.05) is 0 Å². The molecule has 3 rings (SSSR count). The van der Waals surface area contributed by atoms with Crippen LogP contribution in [-0.4, -0.2) is 6.36 Å². The van der Waals surface area contributed by atoms with Gasteiger partial charge < -0.3 is 9.47 Å². The normalized spacial score (nSPS) is 19.8. The molecule has 0 aliphatic heterocycles. The van der Waals surface area contributed by atoms with Crippen molar-refractivity contribution in [3.05, 3.63) is 59.4 Å². The van der Waals surface area contributed by atoms with E-state index in [0.29, 0.717) is 18.1 Å². The van der Waals surface area contributed by atoms with Crippen LogP contribution in [0, 0.1) is 17.7 Å². The molecule has 8 heteroatoms. The van der Waals surface area contributed by atoms with E-state index in [1.54, 1.807) is 12.1 Å². The predicted molar refractivity (Wildman–Crippen MR) is 103 cm³/mol. The summed E-state index contributed by atoms with van der Waals surface area (Å²) in [6, 6.07) is 7.61. The zero-order chi connectivity index (χ0) is 22.6. The van der Waals surface area contributed by atoms with Gasteiger partial charge in [0.2, 0.25) is 0 Å². The zero-order valence-electron chi connectivity index (χ0n) is 17.0. The van der Waals surface area contributed by atoms with Crippen LogP contribution >= 0.6 is 0 Å². The van der Waals surface area contributed by atoms with Crippen LogP contribution in [0.2, 0.25) is 0 Å². The molecule has 0 heterocycles. The van der Waals surface area contributed by atoms with Crippen molar-refractivity contribution in [3.8, 4) is 11.5 Å². The Morgan fingerprint density at radius 3 is 2.10 bits per heavy atom. The molecular formula is C23H24F6O2. The molecular weight excluding hydrogens is 422 g/mol. The lowest BCUT2D eigenvalue weighted by molar-refractivity contribution is -0.275. The fraction of sp³-hybridized carbons (Fsp3) is 0.478. The lowest BCUT2D eigenvalue weighted by atomic mass is 9.80. The highest BCUT2D eigenvalue weighted by Gasteiger charge is 2.37. The topological polar surface area (TPSA) is 18.5 Å². The van der Waals surface area contributed by atoms with E-state index in [9.17, 15) is 26.3 Å². The summed E-state index contributed by atoms with van der Waals surface area (Å²) in [5, 5.41) is 0. The van der Waals surface area contributed by atoms with Gasteiger partial charge in [0.1, 0.15) is 5.75 Å². The second-order valence-electron chi connectivity index (χ2n) is 8.12. The van der Waals surface area contributed by atoms with Crippen molar-refractivity contribution in [1.82, 2.24) is 0 Å². The third kappa shape index (κ3) is 6.80. The maximum atomic E-state index is 14.4. The largest absolute Gasteiger partial charge is 0.573 e. The molecule has 31 heavy (non-hydrogen) atoms. The standard InChI is InChI=1S/C23H24F6O2/c1-15-2-4-16(5-3-15)6-7-17-8-11-19(12-9-17)30-22(25,26)18-10-13-21(20(24)14-18)31-23(27,28)29/h8-16H,2-7H2,1H3. The fourth-order valence-electron chi connectivity index (χ4n) is 3.81. The lowest BCUT2D eigenvalue weighted by Gasteiger charge is -2.26. The number of aryl methyl sites for hydroxylation is 1. The molecule has 2 aromatic carbocycles. The number of alkyl halides is 5. The van der Waals surface area contributed by atoms with Gasteiger partial charge in [0.25, 0.3) is 0 Å². The monoisotopic (exact) mass is 446 g/mol. The van der Waals surface area contributed by atoms with Crippen molar-refractivity contribution >= 4 is 0 Å². The second kappa shape index (κ2) is 9.40. The van der Waals surface area contributed by atoms with Crippen molar-refractivity contribution in [2.45, 2.75) is 57.9 Å². The summed E-state index contributed by atoms with van der Waals surface area (Å²) >= 11 is 0. The summed E-state index contributed by atoms with van der Waals surface area (Å²) in [6.45, 7) is 2.27. The maximum Gasteiger partial charge on any atom is 0.573 e. The van der Waals surface area contributed by atoms with Gasteiger partial charge in [-0.3, -0.25) is 0 Å². The van der Waals surface area contributed by atoms with Gasteiger partial charge in [-0.15, -0.1) is 13.2 Å². The van der Waals surface area contributed by atoms with Gasteiger partial charge in [-0.1, -0.05) is 44.7 Å². The Morgan fingerprint density at radius 1 is 0.871 bits per heavy atom. The zero-order valence-corrected chi connectivity index (χ0v) is 17.0.